The van der Waals surface area contributed by atoms with Gasteiger partial charge in [-0.25, -0.2) is 9.78 Å². The van der Waals surface area contributed by atoms with Crippen LogP contribution in [0.3, 0.4) is 0 Å². The summed E-state index contributed by atoms with van der Waals surface area (Å²) in [5.41, 5.74) is 6.15. The molecule has 0 radical (unpaired) electrons. The van der Waals surface area contributed by atoms with Crippen LogP contribution in [0.25, 0.3) is 10.2 Å². The number of nitrogens with zero attached hydrogens (tertiary/aromatic N) is 1. The number of rotatable bonds is 4. The Kier molecular flexibility index (Phi) is 3.76. The summed E-state index contributed by atoms with van der Waals surface area (Å²) < 4.78 is 18.0. The maximum Gasteiger partial charge on any atom is 0.350 e. The van der Waals surface area contributed by atoms with Crippen LogP contribution in [0.5, 0.6) is 0 Å². The summed E-state index contributed by atoms with van der Waals surface area (Å²) in [7, 11) is 0. The fourth-order valence-electron chi connectivity index (χ4n) is 1.50. The third-order valence-electron chi connectivity index (χ3n) is 2.48. The molecule has 0 unspecified atom stereocenters. The molecule has 2 N–H and O–H groups in total. The van der Waals surface area contributed by atoms with Gasteiger partial charge in [0.15, 0.2) is 0 Å². The second kappa shape index (κ2) is 5.30. The fraction of sp³-hybridized carbons (Fsp3) is 0.333. The minimum Gasteiger partial charge on any atom is -0.461 e. The number of ether oxygens (including phenoxy) is 1. The number of nitrogen functional groups attached to an aromatic ring is 1. The smallest absolute Gasteiger partial charge is 0.350 e. The molecule has 4 nitrogen and oxygen atoms in total. The predicted molar refractivity (Wildman–Crippen MR) is 69.2 cm³/mol. The van der Waals surface area contributed by atoms with Gasteiger partial charge in [-0.15, -0.1) is 11.3 Å². The van der Waals surface area contributed by atoms with Gasteiger partial charge in [0, 0.05) is 5.39 Å². The number of esters is 1. The van der Waals surface area contributed by atoms with E-state index in [-0.39, 0.29) is 0 Å². The van der Waals surface area contributed by atoms with Crippen LogP contribution in [-0.4, -0.2) is 17.6 Å². The van der Waals surface area contributed by atoms with E-state index in [0.29, 0.717) is 27.4 Å². The molecular weight excluding hydrogens is 255 g/mol. The van der Waals surface area contributed by atoms with Crippen LogP contribution >= 0.6 is 11.3 Å². The highest BCUT2D eigenvalue weighted by atomic mass is 32.1. The van der Waals surface area contributed by atoms with E-state index in [9.17, 15) is 9.18 Å². The third kappa shape index (κ3) is 2.43. The van der Waals surface area contributed by atoms with E-state index < -0.39 is 11.9 Å². The molecule has 0 amide bonds. The van der Waals surface area contributed by atoms with Gasteiger partial charge in [0.05, 0.1) is 12.3 Å². The molecule has 0 atom stereocenters. The predicted octanol–water partition coefficient (Wildman–Crippen LogP) is 2.97. The Morgan fingerprint density at radius 3 is 3.06 bits per heavy atom. The highest BCUT2D eigenvalue weighted by molar-refractivity contribution is 7.21. The second-order valence-electron chi connectivity index (χ2n) is 3.82. The number of hydrogen-bond donors (Lipinski definition) is 1. The lowest BCUT2D eigenvalue weighted by molar-refractivity contribution is 0.0506. The number of halogens is 1. The molecule has 0 saturated heterocycles. The molecule has 0 bridgehead atoms. The summed E-state index contributed by atoms with van der Waals surface area (Å²) in [6.07, 6.45) is 1.76. The topological polar surface area (TPSA) is 65.2 Å². The molecule has 0 aliphatic rings. The highest BCUT2D eigenvalue weighted by Crippen LogP contribution is 2.32. The quantitative estimate of drug-likeness (QED) is 0.526. The zero-order valence-corrected chi connectivity index (χ0v) is 10.7. The van der Waals surface area contributed by atoms with Crippen molar-refractivity contribution < 1.29 is 13.9 Å². The first-order valence-electron chi connectivity index (χ1n) is 5.65. The summed E-state index contributed by atoms with van der Waals surface area (Å²) in [5, 5.41) is 0.587. The van der Waals surface area contributed by atoms with E-state index in [1.807, 2.05) is 6.92 Å². The largest absolute Gasteiger partial charge is 0.461 e. The molecule has 2 heterocycles. The van der Waals surface area contributed by atoms with Crippen LogP contribution in [0.1, 0.15) is 29.4 Å². The highest BCUT2D eigenvalue weighted by Gasteiger charge is 2.18. The molecule has 0 saturated carbocycles. The van der Waals surface area contributed by atoms with Crippen molar-refractivity contribution in [3.05, 3.63) is 23.0 Å². The number of nitrogens with two attached hydrogens (primary N) is 1. The Morgan fingerprint density at radius 1 is 1.56 bits per heavy atom. The van der Waals surface area contributed by atoms with Crippen LogP contribution in [0.15, 0.2) is 12.1 Å². The number of carbonyl (C=O) groups excluding carboxylic acids is 1. The van der Waals surface area contributed by atoms with E-state index in [4.69, 9.17) is 10.5 Å². The molecule has 96 valence electrons. The van der Waals surface area contributed by atoms with Crippen molar-refractivity contribution in [1.29, 1.82) is 0 Å². The first-order valence-corrected chi connectivity index (χ1v) is 6.46. The third-order valence-corrected chi connectivity index (χ3v) is 3.57. The van der Waals surface area contributed by atoms with Crippen molar-refractivity contribution in [3.63, 3.8) is 0 Å². The number of aromatic nitrogens is 1. The SMILES string of the molecule is CCCCOC(=O)c1sc2nc(F)ccc2c1N. The Balaban J connectivity index is 2.28. The van der Waals surface area contributed by atoms with Gasteiger partial charge in [-0.3, -0.25) is 0 Å². The molecule has 0 aliphatic carbocycles. The average Bonchev–Trinajstić information content (AvgIpc) is 2.66. The molecule has 2 rings (SSSR count). The lowest BCUT2D eigenvalue weighted by Gasteiger charge is -2.02. The number of anilines is 1. The average molecular weight is 268 g/mol. The summed E-state index contributed by atoms with van der Waals surface area (Å²) >= 11 is 1.05. The lowest BCUT2D eigenvalue weighted by Crippen LogP contribution is -2.06. The van der Waals surface area contributed by atoms with Gasteiger partial charge in [-0.2, -0.15) is 4.39 Å². The van der Waals surface area contributed by atoms with Crippen molar-refractivity contribution in [1.82, 2.24) is 4.98 Å². The molecule has 18 heavy (non-hydrogen) atoms. The zero-order valence-electron chi connectivity index (χ0n) is 9.90. The number of hydrogen-bond acceptors (Lipinski definition) is 5. The number of thiophene rings is 1. The standard InChI is InChI=1S/C12H13FN2O2S/c1-2-3-6-17-12(16)10-9(14)7-4-5-8(13)15-11(7)18-10/h4-5H,2-3,6,14H2,1H3. The first kappa shape index (κ1) is 12.8. The second-order valence-corrected chi connectivity index (χ2v) is 4.82. The van der Waals surface area contributed by atoms with Crippen LogP contribution < -0.4 is 5.73 Å². The molecule has 2 aromatic rings. The number of fused-ring (bicyclic) bond motifs is 1. The van der Waals surface area contributed by atoms with Gasteiger partial charge >= 0.3 is 5.97 Å². The summed E-state index contributed by atoms with van der Waals surface area (Å²) in [6.45, 7) is 2.37. The van der Waals surface area contributed by atoms with E-state index >= 15 is 0 Å². The van der Waals surface area contributed by atoms with Crippen molar-refractivity contribution in [3.8, 4) is 0 Å². The molecule has 2 aromatic heterocycles. The molecular formula is C12H13FN2O2S. The van der Waals surface area contributed by atoms with E-state index in [2.05, 4.69) is 4.98 Å². The zero-order chi connectivity index (χ0) is 13.1. The van der Waals surface area contributed by atoms with Gasteiger partial charge < -0.3 is 10.5 Å². The Hall–Kier alpha value is -1.69. The molecule has 6 heteroatoms. The van der Waals surface area contributed by atoms with Crippen LogP contribution in [-0.2, 0) is 4.74 Å². The molecule has 0 aliphatic heterocycles. The van der Waals surface area contributed by atoms with Gasteiger partial charge in [-0.05, 0) is 18.6 Å². The van der Waals surface area contributed by atoms with E-state index in [0.717, 1.165) is 24.2 Å². The number of unbranched alkanes of at least 4 members (excludes halogenated alkanes) is 1. The van der Waals surface area contributed by atoms with E-state index in [1.54, 1.807) is 0 Å². The van der Waals surface area contributed by atoms with Crippen molar-refractivity contribution in [2.24, 2.45) is 0 Å². The first-order chi connectivity index (χ1) is 8.63. The fourth-order valence-corrected chi connectivity index (χ4v) is 2.48. The Morgan fingerprint density at radius 2 is 2.33 bits per heavy atom. The number of carbonyl (C=O) groups is 1. The summed E-state index contributed by atoms with van der Waals surface area (Å²) in [6, 6.07) is 2.74. The molecule has 0 fully saturated rings. The van der Waals surface area contributed by atoms with Gasteiger partial charge in [0.25, 0.3) is 0 Å². The van der Waals surface area contributed by atoms with Gasteiger partial charge in [-0.1, -0.05) is 13.3 Å². The minimum absolute atomic E-state index is 0.291. The summed E-state index contributed by atoms with van der Waals surface area (Å²) in [4.78, 5) is 16.2. The van der Waals surface area contributed by atoms with Crippen LogP contribution in [0, 0.1) is 5.95 Å². The summed E-state index contributed by atoms with van der Waals surface area (Å²) in [5.74, 6) is -1.06. The maximum absolute atomic E-state index is 13.0. The Bertz CT molecular complexity index is 583. The Labute approximate surface area is 108 Å². The van der Waals surface area contributed by atoms with E-state index in [1.165, 1.54) is 12.1 Å². The maximum atomic E-state index is 13.0. The van der Waals surface area contributed by atoms with Gasteiger partial charge in [0.1, 0.15) is 9.71 Å². The van der Waals surface area contributed by atoms with Crippen molar-refractivity contribution >= 4 is 33.2 Å². The number of pyridine rings is 1. The van der Waals surface area contributed by atoms with Gasteiger partial charge in [0.2, 0.25) is 5.95 Å². The van der Waals surface area contributed by atoms with Crippen molar-refractivity contribution in [2.45, 2.75) is 19.8 Å². The molecule has 0 aromatic carbocycles. The normalized spacial score (nSPS) is 10.8. The van der Waals surface area contributed by atoms with Crippen LogP contribution in [0.2, 0.25) is 0 Å². The lowest BCUT2D eigenvalue weighted by atomic mass is 10.2. The monoisotopic (exact) mass is 268 g/mol. The molecule has 0 spiro atoms. The van der Waals surface area contributed by atoms with Crippen molar-refractivity contribution in [2.75, 3.05) is 12.3 Å². The van der Waals surface area contributed by atoms with Crippen LogP contribution in [0.4, 0.5) is 10.1 Å². The minimum atomic E-state index is -0.588.